The minimum Gasteiger partial charge on any atom is -0.379 e. The molecule has 1 aromatic carbocycles. The lowest BCUT2D eigenvalue weighted by Gasteiger charge is -2.26. The maximum Gasteiger partial charge on any atom is 0.243 e. The van der Waals surface area contributed by atoms with Crippen molar-refractivity contribution in [3.05, 3.63) is 24.3 Å². The number of hydrogen-bond acceptors (Lipinski definition) is 7. The minimum absolute atomic E-state index is 0.0250. The molecule has 0 unspecified atom stereocenters. The molecule has 0 bridgehead atoms. The molecular weight excluding hydrogens is 462 g/mol. The Morgan fingerprint density at radius 1 is 1.21 bits per heavy atom. The van der Waals surface area contributed by atoms with Gasteiger partial charge in [0.25, 0.3) is 0 Å². The van der Waals surface area contributed by atoms with E-state index >= 15 is 0 Å². The maximum atomic E-state index is 13.2. The van der Waals surface area contributed by atoms with Gasteiger partial charge in [0, 0.05) is 31.2 Å². The summed E-state index contributed by atoms with van der Waals surface area (Å²) in [5.74, 6) is 0.899. The number of morpholine rings is 1. The first-order chi connectivity index (χ1) is 16.0. The molecule has 1 aliphatic carbocycles. The smallest absolute Gasteiger partial charge is 0.243 e. The van der Waals surface area contributed by atoms with E-state index in [1.807, 2.05) is 13.0 Å². The molecule has 1 amide bonds. The van der Waals surface area contributed by atoms with Crippen molar-refractivity contribution in [3.8, 4) is 11.4 Å². The molecule has 0 spiro atoms. The molecule has 1 N–H and O–H groups in total. The highest BCUT2D eigenvalue weighted by Crippen LogP contribution is 2.37. The van der Waals surface area contributed by atoms with Gasteiger partial charge in [0.2, 0.25) is 15.9 Å². The summed E-state index contributed by atoms with van der Waals surface area (Å²) in [7, 11) is -3.61. The molecule has 1 saturated carbocycles. The van der Waals surface area contributed by atoms with Crippen LogP contribution in [0, 0.1) is 0 Å². The van der Waals surface area contributed by atoms with Crippen LogP contribution in [0.3, 0.4) is 0 Å². The fraction of sp³-hybridized carbons (Fsp3) is 0.591. The third kappa shape index (κ3) is 5.59. The Bertz CT molecular complexity index is 1060. The lowest BCUT2D eigenvalue weighted by Crippen LogP contribution is -2.40. The largest absolute Gasteiger partial charge is 0.379 e. The number of sulfonamides is 1. The molecule has 0 radical (unpaired) electrons. The summed E-state index contributed by atoms with van der Waals surface area (Å²) in [5, 5.41) is 12.4. The van der Waals surface area contributed by atoms with Crippen LogP contribution in [0.5, 0.6) is 0 Å². The highest BCUT2D eigenvalue weighted by atomic mass is 32.2. The summed E-state index contributed by atoms with van der Waals surface area (Å²) < 4.78 is 35.2. The number of nitrogens with one attached hydrogen (secondary N) is 1. The highest BCUT2D eigenvalue weighted by molar-refractivity contribution is 7.99. The van der Waals surface area contributed by atoms with E-state index in [0.717, 1.165) is 32.1 Å². The number of amides is 1. The number of benzene rings is 1. The second kappa shape index (κ2) is 11.0. The second-order valence-electron chi connectivity index (χ2n) is 8.30. The molecule has 33 heavy (non-hydrogen) atoms. The third-order valence-corrected chi connectivity index (χ3v) is 8.80. The Labute approximate surface area is 199 Å². The van der Waals surface area contributed by atoms with E-state index in [9.17, 15) is 13.2 Å². The summed E-state index contributed by atoms with van der Waals surface area (Å²) in [6.07, 6.45) is 5.20. The number of carbonyl (C=O) groups is 1. The van der Waals surface area contributed by atoms with E-state index in [-0.39, 0.29) is 22.6 Å². The predicted molar refractivity (Wildman–Crippen MR) is 127 cm³/mol. The summed E-state index contributed by atoms with van der Waals surface area (Å²) in [6.45, 7) is 4.19. The van der Waals surface area contributed by atoms with E-state index < -0.39 is 10.0 Å². The van der Waals surface area contributed by atoms with Crippen LogP contribution >= 0.6 is 11.8 Å². The molecule has 0 atom stereocenters. The number of rotatable bonds is 9. The van der Waals surface area contributed by atoms with Gasteiger partial charge in [-0.2, -0.15) is 4.31 Å². The van der Waals surface area contributed by atoms with E-state index in [1.54, 1.807) is 18.2 Å². The number of carbonyl (C=O) groups excluding carboxylic acids is 1. The molecule has 1 saturated heterocycles. The van der Waals surface area contributed by atoms with E-state index in [0.29, 0.717) is 49.4 Å². The number of thioether (sulfide) groups is 1. The summed E-state index contributed by atoms with van der Waals surface area (Å²) in [4.78, 5) is 12.4. The van der Waals surface area contributed by atoms with Crippen molar-refractivity contribution in [2.45, 2.75) is 55.1 Å². The number of aromatic nitrogens is 3. The van der Waals surface area contributed by atoms with Gasteiger partial charge in [-0.05, 0) is 31.4 Å². The SMILES string of the molecule is CCCNC(=O)CSc1nnc(-c2cccc(S(=O)(=O)N3CCOCC3)c2)n1C1CCCC1. The van der Waals surface area contributed by atoms with Crippen LogP contribution in [-0.2, 0) is 19.6 Å². The van der Waals surface area contributed by atoms with Gasteiger partial charge in [0.15, 0.2) is 11.0 Å². The quantitative estimate of drug-likeness (QED) is 0.535. The zero-order valence-corrected chi connectivity index (χ0v) is 20.5. The van der Waals surface area contributed by atoms with Crippen LogP contribution < -0.4 is 5.32 Å². The monoisotopic (exact) mass is 493 g/mol. The Morgan fingerprint density at radius 2 is 1.97 bits per heavy atom. The van der Waals surface area contributed by atoms with Crippen molar-refractivity contribution in [1.82, 2.24) is 24.4 Å². The van der Waals surface area contributed by atoms with Gasteiger partial charge in [0.05, 0.1) is 23.9 Å². The molecule has 2 heterocycles. The third-order valence-electron chi connectivity index (χ3n) is 5.96. The van der Waals surface area contributed by atoms with Gasteiger partial charge < -0.3 is 10.1 Å². The first-order valence-corrected chi connectivity index (χ1v) is 14.0. The minimum atomic E-state index is -3.61. The van der Waals surface area contributed by atoms with E-state index in [2.05, 4.69) is 20.1 Å². The molecular formula is C22H31N5O4S2. The van der Waals surface area contributed by atoms with Crippen molar-refractivity contribution in [1.29, 1.82) is 0 Å². The topological polar surface area (TPSA) is 106 Å². The first-order valence-electron chi connectivity index (χ1n) is 11.5. The molecule has 180 valence electrons. The lowest BCUT2D eigenvalue weighted by molar-refractivity contribution is -0.118. The van der Waals surface area contributed by atoms with Crippen LogP contribution in [0.1, 0.15) is 45.1 Å². The first kappa shape index (κ1) is 24.2. The van der Waals surface area contributed by atoms with Crippen molar-refractivity contribution < 1.29 is 17.9 Å². The lowest BCUT2D eigenvalue weighted by atomic mass is 10.2. The number of hydrogen-bond donors (Lipinski definition) is 1. The average Bonchev–Trinajstić information content (AvgIpc) is 3.52. The van der Waals surface area contributed by atoms with Crippen molar-refractivity contribution in [2.75, 3.05) is 38.6 Å². The van der Waals surface area contributed by atoms with Gasteiger partial charge >= 0.3 is 0 Å². The number of nitrogens with zero attached hydrogens (tertiary/aromatic N) is 4. The summed E-state index contributed by atoms with van der Waals surface area (Å²) in [6, 6.07) is 7.18. The Hall–Kier alpha value is -1.95. The van der Waals surface area contributed by atoms with Gasteiger partial charge in [-0.1, -0.05) is 43.7 Å². The van der Waals surface area contributed by atoms with Crippen molar-refractivity contribution >= 4 is 27.7 Å². The Kier molecular flexibility index (Phi) is 8.05. The van der Waals surface area contributed by atoms with Crippen molar-refractivity contribution in [3.63, 3.8) is 0 Å². The average molecular weight is 494 g/mol. The molecule has 2 fully saturated rings. The van der Waals surface area contributed by atoms with Crippen LogP contribution in [0.25, 0.3) is 11.4 Å². The van der Waals surface area contributed by atoms with Crippen LogP contribution in [0.4, 0.5) is 0 Å². The molecule has 2 aliphatic rings. The van der Waals surface area contributed by atoms with Crippen LogP contribution in [0.15, 0.2) is 34.3 Å². The van der Waals surface area contributed by atoms with Gasteiger partial charge in [-0.15, -0.1) is 10.2 Å². The standard InChI is InChI=1S/C22H31N5O4S2/c1-2-10-23-20(28)16-32-22-25-24-21(27(22)18-7-3-4-8-18)17-6-5-9-19(15-17)33(29,30)26-11-13-31-14-12-26/h5-6,9,15,18H,2-4,7-8,10-14,16H2,1H3,(H,23,28). The molecule has 9 nitrogen and oxygen atoms in total. The fourth-order valence-electron chi connectivity index (χ4n) is 4.24. The van der Waals surface area contributed by atoms with Crippen LogP contribution in [-0.4, -0.2) is 72.0 Å². The molecule has 1 aromatic heterocycles. The Morgan fingerprint density at radius 3 is 2.70 bits per heavy atom. The van der Waals surface area contributed by atoms with Gasteiger partial charge in [0.1, 0.15) is 0 Å². The van der Waals surface area contributed by atoms with Crippen molar-refractivity contribution in [2.24, 2.45) is 0 Å². The van der Waals surface area contributed by atoms with E-state index in [1.165, 1.54) is 16.1 Å². The fourth-order valence-corrected chi connectivity index (χ4v) is 6.53. The van der Waals surface area contributed by atoms with Gasteiger partial charge in [-0.25, -0.2) is 8.42 Å². The Balaban J connectivity index is 1.62. The predicted octanol–water partition coefficient (Wildman–Crippen LogP) is 2.70. The molecule has 11 heteroatoms. The molecule has 1 aliphatic heterocycles. The maximum absolute atomic E-state index is 13.2. The summed E-state index contributed by atoms with van der Waals surface area (Å²) >= 11 is 1.38. The van der Waals surface area contributed by atoms with Gasteiger partial charge in [-0.3, -0.25) is 9.36 Å². The zero-order chi connectivity index (χ0) is 23.3. The normalized spacial score (nSPS) is 18.0. The van der Waals surface area contributed by atoms with E-state index in [4.69, 9.17) is 4.74 Å². The second-order valence-corrected chi connectivity index (χ2v) is 11.2. The molecule has 2 aromatic rings. The summed E-state index contributed by atoms with van der Waals surface area (Å²) in [5.41, 5.74) is 0.714. The highest BCUT2D eigenvalue weighted by Gasteiger charge is 2.29. The molecule has 4 rings (SSSR count). The van der Waals surface area contributed by atoms with Crippen LogP contribution in [0.2, 0.25) is 0 Å². The number of ether oxygens (including phenoxy) is 1. The zero-order valence-electron chi connectivity index (χ0n) is 18.9.